The summed E-state index contributed by atoms with van der Waals surface area (Å²) in [5.74, 6) is -1.02. The van der Waals surface area contributed by atoms with Gasteiger partial charge < -0.3 is 9.72 Å². The van der Waals surface area contributed by atoms with Gasteiger partial charge in [-0.3, -0.25) is 4.79 Å². The molecule has 0 amide bonds. The van der Waals surface area contributed by atoms with E-state index >= 15 is 0 Å². The summed E-state index contributed by atoms with van der Waals surface area (Å²) in [7, 11) is 1.23. The van der Waals surface area contributed by atoms with Gasteiger partial charge in [-0.15, -0.1) is 0 Å². The molecule has 0 radical (unpaired) electrons. The quantitative estimate of drug-likeness (QED) is 0.555. The van der Waals surface area contributed by atoms with E-state index in [2.05, 4.69) is 4.98 Å². The summed E-state index contributed by atoms with van der Waals surface area (Å²) in [6, 6.07) is 19.0. The topological polar surface area (TPSA) is 82.9 Å². The maximum Gasteiger partial charge on any atom is 0.341 e. The van der Waals surface area contributed by atoms with Crippen molar-refractivity contribution in [3.8, 4) is 6.07 Å². The summed E-state index contributed by atoms with van der Waals surface area (Å²) in [6.45, 7) is 1.67. The predicted octanol–water partition coefficient (Wildman–Crippen LogP) is 3.80. The van der Waals surface area contributed by atoms with Gasteiger partial charge in [0.25, 0.3) is 0 Å². The highest BCUT2D eigenvalue weighted by Crippen LogP contribution is 2.25. The first-order valence-electron chi connectivity index (χ1n) is 8.44. The van der Waals surface area contributed by atoms with Crippen molar-refractivity contribution in [2.75, 3.05) is 7.11 Å². The molecule has 5 heteroatoms. The first-order chi connectivity index (χ1) is 13.1. The van der Waals surface area contributed by atoms with E-state index in [9.17, 15) is 14.9 Å². The highest BCUT2D eigenvalue weighted by atomic mass is 16.5. The second-order valence-electron chi connectivity index (χ2n) is 6.13. The van der Waals surface area contributed by atoms with Crippen LogP contribution in [-0.2, 0) is 11.2 Å². The molecule has 0 saturated heterocycles. The molecule has 0 bridgehead atoms. The van der Waals surface area contributed by atoms with Crippen molar-refractivity contribution in [2.45, 2.75) is 13.3 Å². The van der Waals surface area contributed by atoms with Crippen LogP contribution in [0.2, 0.25) is 0 Å². The summed E-state index contributed by atoms with van der Waals surface area (Å²) < 4.78 is 4.78. The van der Waals surface area contributed by atoms with Crippen LogP contribution in [0.5, 0.6) is 0 Å². The highest BCUT2D eigenvalue weighted by Gasteiger charge is 2.28. The van der Waals surface area contributed by atoms with Gasteiger partial charge in [0.15, 0.2) is 5.78 Å². The molecule has 0 saturated carbocycles. The molecular weight excluding hydrogens is 340 g/mol. The van der Waals surface area contributed by atoms with Crippen LogP contribution >= 0.6 is 0 Å². The highest BCUT2D eigenvalue weighted by molar-refractivity contribution is 6.16. The molecule has 0 unspecified atom stereocenters. The number of hydrogen-bond donors (Lipinski definition) is 1. The van der Waals surface area contributed by atoms with Crippen molar-refractivity contribution < 1.29 is 14.3 Å². The lowest BCUT2D eigenvalue weighted by atomic mass is 9.92. The van der Waals surface area contributed by atoms with Crippen molar-refractivity contribution in [1.82, 2.24) is 4.98 Å². The van der Waals surface area contributed by atoms with E-state index in [-0.39, 0.29) is 22.6 Å². The fourth-order valence-electron chi connectivity index (χ4n) is 3.15. The molecule has 134 valence electrons. The molecule has 0 aliphatic heterocycles. The Kier molecular flexibility index (Phi) is 5.18. The summed E-state index contributed by atoms with van der Waals surface area (Å²) in [6.07, 6.45) is 0.588. The number of aromatic nitrogens is 1. The standard InChI is InChI=1S/C22H18N2O3/c1-14-19(20(22(26)27-2)18(13-23)24-14)21(25)17-11-7-6-10-16(17)12-15-8-4-3-5-9-15/h3-11,24H,12H2,1-2H3. The number of nitrogens with zero attached hydrogens (tertiary/aromatic N) is 1. The minimum absolute atomic E-state index is 0.0167. The molecule has 0 atom stereocenters. The summed E-state index contributed by atoms with van der Waals surface area (Å²) in [4.78, 5) is 28.3. The molecule has 5 nitrogen and oxygen atoms in total. The fraction of sp³-hybridized carbons (Fsp3) is 0.136. The van der Waals surface area contributed by atoms with Crippen LogP contribution in [0.3, 0.4) is 0 Å². The van der Waals surface area contributed by atoms with Gasteiger partial charge in [-0.25, -0.2) is 4.79 Å². The molecule has 3 rings (SSSR count). The van der Waals surface area contributed by atoms with Crippen molar-refractivity contribution in [1.29, 1.82) is 5.26 Å². The first-order valence-corrected chi connectivity index (χ1v) is 8.44. The number of rotatable bonds is 5. The van der Waals surface area contributed by atoms with Crippen LogP contribution in [0.1, 0.15) is 48.8 Å². The van der Waals surface area contributed by atoms with Gasteiger partial charge >= 0.3 is 5.97 Å². The van der Waals surface area contributed by atoms with Crippen molar-refractivity contribution in [3.05, 3.63) is 93.8 Å². The molecule has 0 fully saturated rings. The van der Waals surface area contributed by atoms with Crippen molar-refractivity contribution >= 4 is 11.8 Å². The third-order valence-corrected chi connectivity index (χ3v) is 4.42. The molecule has 1 heterocycles. The monoisotopic (exact) mass is 358 g/mol. The third-order valence-electron chi connectivity index (χ3n) is 4.42. The fourth-order valence-corrected chi connectivity index (χ4v) is 3.15. The van der Waals surface area contributed by atoms with Gasteiger partial charge in [0, 0.05) is 11.3 Å². The molecule has 1 aromatic heterocycles. The van der Waals surface area contributed by atoms with Gasteiger partial charge in [0.05, 0.1) is 12.7 Å². The lowest BCUT2D eigenvalue weighted by Crippen LogP contribution is -2.13. The van der Waals surface area contributed by atoms with Crippen LogP contribution in [0.4, 0.5) is 0 Å². The largest absolute Gasteiger partial charge is 0.465 e. The molecule has 3 aromatic rings. The van der Waals surface area contributed by atoms with Gasteiger partial charge in [-0.05, 0) is 24.5 Å². The average molecular weight is 358 g/mol. The van der Waals surface area contributed by atoms with E-state index in [1.807, 2.05) is 48.5 Å². The Morgan fingerprint density at radius 3 is 2.37 bits per heavy atom. The number of aryl methyl sites for hydroxylation is 1. The number of esters is 1. The van der Waals surface area contributed by atoms with Gasteiger partial charge in [0.2, 0.25) is 0 Å². The minimum atomic E-state index is -0.709. The molecule has 0 aliphatic carbocycles. The zero-order valence-electron chi connectivity index (χ0n) is 15.1. The van der Waals surface area contributed by atoms with Crippen LogP contribution < -0.4 is 0 Å². The Balaban J connectivity index is 2.09. The predicted molar refractivity (Wildman–Crippen MR) is 101 cm³/mol. The normalized spacial score (nSPS) is 10.3. The summed E-state index contributed by atoms with van der Waals surface area (Å²) in [5.41, 5.74) is 3.08. The van der Waals surface area contributed by atoms with Crippen molar-refractivity contribution in [3.63, 3.8) is 0 Å². The Morgan fingerprint density at radius 1 is 1.04 bits per heavy atom. The Hall–Kier alpha value is -3.65. The molecule has 1 N–H and O–H groups in total. The van der Waals surface area contributed by atoms with Crippen LogP contribution in [-0.4, -0.2) is 23.8 Å². The van der Waals surface area contributed by atoms with E-state index in [4.69, 9.17) is 4.74 Å². The number of nitriles is 1. The Labute approximate surface area is 157 Å². The van der Waals surface area contributed by atoms with E-state index < -0.39 is 5.97 Å². The van der Waals surface area contributed by atoms with E-state index in [0.29, 0.717) is 17.7 Å². The summed E-state index contributed by atoms with van der Waals surface area (Å²) in [5, 5.41) is 9.30. The van der Waals surface area contributed by atoms with Crippen LogP contribution in [0.25, 0.3) is 0 Å². The Morgan fingerprint density at radius 2 is 1.70 bits per heavy atom. The number of nitrogens with one attached hydrogen (secondary N) is 1. The number of hydrogen-bond acceptors (Lipinski definition) is 4. The zero-order chi connectivity index (χ0) is 19.4. The maximum atomic E-state index is 13.3. The molecule has 27 heavy (non-hydrogen) atoms. The number of methoxy groups -OCH3 is 1. The lowest BCUT2D eigenvalue weighted by molar-refractivity contribution is 0.0597. The van der Waals surface area contributed by atoms with Crippen LogP contribution in [0, 0.1) is 18.3 Å². The average Bonchev–Trinajstić information content (AvgIpc) is 3.04. The number of aromatic amines is 1. The minimum Gasteiger partial charge on any atom is -0.465 e. The maximum absolute atomic E-state index is 13.3. The van der Waals surface area contributed by atoms with E-state index in [1.165, 1.54) is 7.11 Å². The molecule has 0 aliphatic rings. The molecule has 2 aromatic carbocycles. The van der Waals surface area contributed by atoms with Gasteiger partial charge in [-0.2, -0.15) is 5.26 Å². The smallest absolute Gasteiger partial charge is 0.341 e. The number of ketones is 1. The second kappa shape index (κ2) is 7.71. The van der Waals surface area contributed by atoms with Gasteiger partial charge in [-0.1, -0.05) is 54.6 Å². The number of benzene rings is 2. The Bertz CT molecular complexity index is 1040. The lowest BCUT2D eigenvalue weighted by Gasteiger charge is -2.10. The SMILES string of the molecule is COC(=O)c1c(C#N)[nH]c(C)c1C(=O)c1ccccc1Cc1ccccc1. The second-order valence-corrected chi connectivity index (χ2v) is 6.13. The molecule has 0 spiro atoms. The summed E-state index contributed by atoms with van der Waals surface area (Å²) >= 11 is 0. The molecular formula is C22H18N2O3. The third kappa shape index (κ3) is 3.51. The number of ether oxygens (including phenoxy) is 1. The zero-order valence-corrected chi connectivity index (χ0v) is 15.1. The number of carbonyl (C=O) groups is 2. The number of carbonyl (C=O) groups excluding carboxylic acids is 2. The van der Waals surface area contributed by atoms with E-state index in [1.54, 1.807) is 19.1 Å². The number of H-pyrrole nitrogens is 1. The van der Waals surface area contributed by atoms with Crippen LogP contribution in [0.15, 0.2) is 54.6 Å². The van der Waals surface area contributed by atoms with Crippen molar-refractivity contribution in [2.24, 2.45) is 0 Å². The van der Waals surface area contributed by atoms with E-state index in [0.717, 1.165) is 11.1 Å². The first kappa shape index (κ1) is 18.2. The van der Waals surface area contributed by atoms with Gasteiger partial charge in [0.1, 0.15) is 17.3 Å².